The van der Waals surface area contributed by atoms with Crippen LogP contribution in [0.25, 0.3) is 0 Å². The van der Waals surface area contributed by atoms with E-state index in [0.29, 0.717) is 36.4 Å². The molecule has 0 unspecified atom stereocenters. The summed E-state index contributed by atoms with van der Waals surface area (Å²) in [6.07, 6.45) is 2.82. The minimum Gasteiger partial charge on any atom is -0.455 e. The first kappa shape index (κ1) is 21.5. The van der Waals surface area contributed by atoms with E-state index >= 15 is 0 Å². The predicted molar refractivity (Wildman–Crippen MR) is 119 cm³/mol. The third kappa shape index (κ3) is 4.61. The average molecular weight is 433 g/mol. The number of hydrazone groups is 1. The average Bonchev–Trinajstić information content (AvgIpc) is 3.15. The molecule has 164 valence electrons. The van der Waals surface area contributed by atoms with E-state index in [-0.39, 0.29) is 17.2 Å². The molecule has 0 spiro atoms. The molecule has 2 amide bonds. The van der Waals surface area contributed by atoms with Crippen LogP contribution in [-0.2, 0) is 12.8 Å². The van der Waals surface area contributed by atoms with Crippen LogP contribution < -0.4 is 10.7 Å². The van der Waals surface area contributed by atoms with Gasteiger partial charge in [-0.2, -0.15) is 5.10 Å². The van der Waals surface area contributed by atoms with E-state index in [1.165, 1.54) is 18.2 Å². The molecule has 1 aromatic heterocycles. The van der Waals surface area contributed by atoms with Crippen LogP contribution in [0.5, 0.6) is 0 Å². The summed E-state index contributed by atoms with van der Waals surface area (Å²) >= 11 is 0. The molecular weight excluding hydrogens is 409 g/mol. The van der Waals surface area contributed by atoms with Crippen LogP contribution in [0.2, 0.25) is 0 Å². The van der Waals surface area contributed by atoms with E-state index in [1.807, 2.05) is 37.3 Å². The van der Waals surface area contributed by atoms with E-state index in [2.05, 4.69) is 15.8 Å². The number of benzene rings is 2. The van der Waals surface area contributed by atoms with Crippen LogP contribution in [-0.4, -0.2) is 24.1 Å². The normalized spacial score (nSPS) is 14.1. The maximum Gasteiger partial charge on any atom is 0.287 e. The van der Waals surface area contributed by atoms with Crippen LogP contribution in [0.4, 0.5) is 4.39 Å². The number of carbonyl (C=O) groups is 2. The van der Waals surface area contributed by atoms with E-state index in [0.717, 1.165) is 24.0 Å². The lowest BCUT2D eigenvalue weighted by atomic mass is 9.93. The highest BCUT2D eigenvalue weighted by molar-refractivity contribution is 6.07. The maximum absolute atomic E-state index is 13.8. The largest absolute Gasteiger partial charge is 0.455 e. The van der Waals surface area contributed by atoms with Gasteiger partial charge in [-0.05, 0) is 43.9 Å². The predicted octanol–water partition coefficient (Wildman–Crippen LogP) is 4.17. The number of halogens is 1. The van der Waals surface area contributed by atoms with Crippen LogP contribution >= 0.6 is 0 Å². The summed E-state index contributed by atoms with van der Waals surface area (Å²) < 4.78 is 19.7. The summed E-state index contributed by atoms with van der Waals surface area (Å²) in [5, 5.41) is 7.14. The number of nitrogens with zero attached hydrogens (tertiary/aromatic N) is 1. The van der Waals surface area contributed by atoms with Gasteiger partial charge in [0, 0.05) is 24.1 Å². The van der Waals surface area contributed by atoms with Crippen LogP contribution in [0.1, 0.15) is 56.2 Å². The Kier molecular flexibility index (Phi) is 6.44. The van der Waals surface area contributed by atoms with Crippen molar-refractivity contribution >= 4 is 17.5 Å². The van der Waals surface area contributed by atoms with Gasteiger partial charge in [-0.1, -0.05) is 42.5 Å². The maximum atomic E-state index is 13.8. The number of hydrogen-bond acceptors (Lipinski definition) is 4. The zero-order chi connectivity index (χ0) is 22.5. The van der Waals surface area contributed by atoms with Crippen molar-refractivity contribution in [1.82, 2.24) is 10.7 Å². The Hall–Kier alpha value is -3.74. The van der Waals surface area contributed by atoms with Crippen molar-refractivity contribution in [1.29, 1.82) is 0 Å². The summed E-state index contributed by atoms with van der Waals surface area (Å²) in [4.78, 5) is 25.0. The van der Waals surface area contributed by atoms with Crippen molar-refractivity contribution in [2.45, 2.75) is 32.6 Å². The van der Waals surface area contributed by atoms with Gasteiger partial charge < -0.3 is 9.73 Å². The van der Waals surface area contributed by atoms with Crippen molar-refractivity contribution in [2.75, 3.05) is 6.54 Å². The van der Waals surface area contributed by atoms with Gasteiger partial charge in [0.05, 0.1) is 11.3 Å². The number of aryl methyl sites for hydroxylation is 1. The standard InChI is InChI=1S/C25H24FN3O3/c1-16-22-20(28-29-24(30)18-10-5-6-11-19(18)26)12-7-13-21(22)32-23(16)25(31)27-15-14-17-8-3-2-4-9-17/h2-6,8-11H,7,12-15H2,1H3,(H,27,31)(H,29,30)/b28-20+. The highest BCUT2D eigenvalue weighted by Crippen LogP contribution is 2.29. The quantitative estimate of drug-likeness (QED) is 0.573. The first-order valence-electron chi connectivity index (χ1n) is 10.6. The first-order chi connectivity index (χ1) is 15.5. The second-order valence-corrected chi connectivity index (χ2v) is 7.68. The SMILES string of the molecule is Cc1c(C(=O)NCCc2ccccc2)oc2c1/C(=N/NC(=O)c1ccccc1F)CCC2. The Bertz CT molecular complexity index is 1170. The fraction of sp³-hybridized carbons (Fsp3) is 0.240. The second kappa shape index (κ2) is 9.60. The molecule has 1 aliphatic carbocycles. The third-order valence-corrected chi connectivity index (χ3v) is 5.48. The minimum atomic E-state index is -0.622. The lowest BCUT2D eigenvalue weighted by Crippen LogP contribution is -2.26. The van der Waals surface area contributed by atoms with E-state index in [4.69, 9.17) is 4.42 Å². The van der Waals surface area contributed by atoms with Crippen molar-refractivity contribution in [3.05, 3.63) is 94.2 Å². The molecule has 0 bridgehead atoms. The molecule has 0 saturated heterocycles. The zero-order valence-electron chi connectivity index (χ0n) is 17.8. The van der Waals surface area contributed by atoms with Crippen molar-refractivity contribution < 1.29 is 18.4 Å². The fourth-order valence-corrected chi connectivity index (χ4v) is 3.87. The van der Waals surface area contributed by atoms with Crippen LogP contribution in [0, 0.1) is 12.7 Å². The Morgan fingerprint density at radius 1 is 1.03 bits per heavy atom. The van der Waals surface area contributed by atoms with Crippen LogP contribution in [0.3, 0.4) is 0 Å². The fourth-order valence-electron chi connectivity index (χ4n) is 3.87. The highest BCUT2D eigenvalue weighted by Gasteiger charge is 2.28. The number of fused-ring (bicyclic) bond motifs is 1. The lowest BCUT2D eigenvalue weighted by molar-refractivity contribution is 0.0921. The van der Waals surface area contributed by atoms with Gasteiger partial charge in [0.25, 0.3) is 11.8 Å². The summed E-state index contributed by atoms with van der Waals surface area (Å²) in [6, 6.07) is 15.7. The number of amides is 2. The summed E-state index contributed by atoms with van der Waals surface area (Å²) in [7, 11) is 0. The highest BCUT2D eigenvalue weighted by atomic mass is 19.1. The second-order valence-electron chi connectivity index (χ2n) is 7.68. The number of rotatable bonds is 6. The van der Waals surface area contributed by atoms with Crippen molar-refractivity contribution in [3.63, 3.8) is 0 Å². The number of furan rings is 1. The lowest BCUT2D eigenvalue weighted by Gasteiger charge is -2.13. The molecule has 0 radical (unpaired) electrons. The molecule has 0 fully saturated rings. The van der Waals surface area contributed by atoms with Gasteiger partial charge >= 0.3 is 0 Å². The van der Waals surface area contributed by atoms with Crippen molar-refractivity contribution in [3.8, 4) is 0 Å². The Morgan fingerprint density at radius 2 is 1.78 bits per heavy atom. The molecule has 1 heterocycles. The van der Waals surface area contributed by atoms with Crippen LogP contribution in [0.15, 0.2) is 64.1 Å². The minimum absolute atomic E-state index is 0.0738. The molecule has 2 aromatic carbocycles. The molecule has 0 aliphatic heterocycles. The van der Waals surface area contributed by atoms with Gasteiger partial charge in [-0.25, -0.2) is 9.82 Å². The molecule has 6 nitrogen and oxygen atoms in total. The van der Waals surface area contributed by atoms with E-state index in [1.54, 1.807) is 6.07 Å². The molecule has 2 N–H and O–H groups in total. The summed E-state index contributed by atoms with van der Waals surface area (Å²) in [5.41, 5.74) is 5.57. The Labute approximate surface area is 185 Å². The monoisotopic (exact) mass is 433 g/mol. The molecule has 4 rings (SSSR count). The first-order valence-corrected chi connectivity index (χ1v) is 10.6. The van der Waals surface area contributed by atoms with Crippen molar-refractivity contribution in [2.24, 2.45) is 5.10 Å². The molecule has 32 heavy (non-hydrogen) atoms. The Balaban J connectivity index is 1.47. The van der Waals surface area contributed by atoms with E-state index in [9.17, 15) is 14.0 Å². The topological polar surface area (TPSA) is 83.7 Å². The number of carbonyl (C=O) groups excluding carboxylic acids is 2. The van der Waals surface area contributed by atoms with Gasteiger partial charge in [0.15, 0.2) is 5.76 Å². The smallest absolute Gasteiger partial charge is 0.287 e. The zero-order valence-corrected chi connectivity index (χ0v) is 17.8. The number of nitrogens with one attached hydrogen (secondary N) is 2. The van der Waals surface area contributed by atoms with Gasteiger partial charge in [-0.15, -0.1) is 0 Å². The molecule has 1 aliphatic rings. The van der Waals surface area contributed by atoms with Gasteiger partial charge in [0.1, 0.15) is 11.6 Å². The summed E-state index contributed by atoms with van der Waals surface area (Å²) in [6.45, 7) is 2.31. The summed E-state index contributed by atoms with van der Waals surface area (Å²) in [5.74, 6) is -0.562. The third-order valence-electron chi connectivity index (χ3n) is 5.48. The van der Waals surface area contributed by atoms with Gasteiger partial charge in [-0.3, -0.25) is 9.59 Å². The molecule has 0 saturated carbocycles. The molecule has 0 atom stereocenters. The van der Waals surface area contributed by atoms with Gasteiger partial charge in [0.2, 0.25) is 0 Å². The van der Waals surface area contributed by atoms with E-state index < -0.39 is 11.7 Å². The Morgan fingerprint density at radius 3 is 2.56 bits per heavy atom. The number of hydrogen-bond donors (Lipinski definition) is 2. The molecule has 3 aromatic rings. The molecular formula is C25H24FN3O3. The molecule has 7 heteroatoms.